The van der Waals surface area contributed by atoms with Crippen molar-refractivity contribution < 1.29 is 23.1 Å². The average molecular weight is 233 g/mol. The second-order valence-corrected chi connectivity index (χ2v) is 2.46. The van der Waals surface area contributed by atoms with Gasteiger partial charge in [0.25, 0.3) is 0 Å². The largest absolute Gasteiger partial charge is 0.490 e. The van der Waals surface area contributed by atoms with E-state index >= 15 is 0 Å². The Hall–Kier alpha value is -2.03. The number of hydrogen-bond donors (Lipinski definition) is 1. The van der Waals surface area contributed by atoms with Crippen molar-refractivity contribution in [2.75, 3.05) is 0 Å². The summed E-state index contributed by atoms with van der Waals surface area (Å²) in [5.41, 5.74) is 1.32. The number of carboxylic acid groups (broad SMARTS) is 1. The van der Waals surface area contributed by atoms with E-state index in [1.807, 2.05) is 18.2 Å². The van der Waals surface area contributed by atoms with Gasteiger partial charge in [0.05, 0.1) is 0 Å². The van der Waals surface area contributed by atoms with Gasteiger partial charge in [-0.3, -0.25) is 0 Å². The topological polar surface area (TPSA) is 61.1 Å². The average Bonchev–Trinajstić information content (AvgIpc) is 2.21. The first-order valence-corrected chi connectivity index (χ1v) is 3.91. The molecule has 0 heterocycles. The maximum absolute atomic E-state index is 10.6. The van der Waals surface area contributed by atoms with Crippen LogP contribution in [-0.4, -0.2) is 17.3 Å². The first-order valence-electron chi connectivity index (χ1n) is 3.91. The molecule has 16 heavy (non-hydrogen) atoms. The van der Waals surface area contributed by atoms with Crippen LogP contribution in [0.1, 0.15) is 5.56 Å². The minimum Gasteiger partial charge on any atom is -0.475 e. The number of aryl methyl sites for hydroxylation is 1. The van der Waals surface area contributed by atoms with Crippen LogP contribution < -0.4 is 0 Å². The Balaban J connectivity index is 0. The highest BCUT2D eigenvalue weighted by molar-refractivity contribution is 5.73. The standard InChI is InChI=1S/C7H8.C2HF3O2.CHN/c1-7-5-3-2-4-6-7;3-2(4,5)1(6)7;1-2/h2-6H,1H3;(H,6,7);1H. The molecule has 1 aromatic carbocycles. The Morgan fingerprint density at radius 3 is 1.69 bits per heavy atom. The lowest BCUT2D eigenvalue weighted by Crippen LogP contribution is -2.21. The molecule has 3 nitrogen and oxygen atoms in total. The number of nitriles is 1. The predicted molar refractivity (Wildman–Crippen MR) is 51.5 cm³/mol. The molecule has 0 fully saturated rings. The Kier molecular flexibility index (Phi) is 8.50. The zero-order valence-corrected chi connectivity index (χ0v) is 8.40. The molecule has 1 aromatic rings. The molecule has 6 heteroatoms. The van der Waals surface area contributed by atoms with E-state index in [-0.39, 0.29) is 0 Å². The third-order valence-corrected chi connectivity index (χ3v) is 1.18. The lowest BCUT2D eigenvalue weighted by atomic mass is 10.2. The van der Waals surface area contributed by atoms with Gasteiger partial charge in [-0.15, -0.1) is 0 Å². The molecule has 0 bridgehead atoms. The lowest BCUT2D eigenvalue weighted by Gasteiger charge is -1.93. The van der Waals surface area contributed by atoms with Gasteiger partial charge in [0, 0.05) is 6.57 Å². The zero-order valence-electron chi connectivity index (χ0n) is 8.40. The van der Waals surface area contributed by atoms with Crippen molar-refractivity contribution in [3.63, 3.8) is 0 Å². The number of carbonyl (C=O) groups is 1. The van der Waals surface area contributed by atoms with E-state index in [1.54, 1.807) is 0 Å². The van der Waals surface area contributed by atoms with E-state index < -0.39 is 12.1 Å². The Labute approximate surface area is 90.7 Å². The van der Waals surface area contributed by atoms with Crippen LogP contribution >= 0.6 is 0 Å². The highest BCUT2D eigenvalue weighted by atomic mass is 19.4. The molecule has 0 amide bonds. The molecule has 1 N–H and O–H groups in total. The van der Waals surface area contributed by atoms with Crippen LogP contribution in [0.25, 0.3) is 0 Å². The summed E-state index contributed by atoms with van der Waals surface area (Å²) >= 11 is 0. The summed E-state index contributed by atoms with van der Waals surface area (Å²) in [5.74, 6) is -2.76. The van der Waals surface area contributed by atoms with Gasteiger partial charge >= 0.3 is 12.1 Å². The lowest BCUT2D eigenvalue weighted by molar-refractivity contribution is -0.192. The van der Waals surface area contributed by atoms with Crippen LogP contribution in [-0.2, 0) is 4.79 Å². The number of carboxylic acids is 1. The number of halogens is 3. The fourth-order valence-corrected chi connectivity index (χ4v) is 0.534. The fraction of sp³-hybridized carbons (Fsp3) is 0.200. The first-order chi connectivity index (χ1) is 7.34. The molecule has 0 aliphatic carbocycles. The van der Waals surface area contributed by atoms with Crippen molar-refractivity contribution in [1.82, 2.24) is 0 Å². The van der Waals surface area contributed by atoms with Gasteiger partial charge in [0.2, 0.25) is 0 Å². The molecule has 0 spiro atoms. The molecule has 0 aromatic heterocycles. The van der Waals surface area contributed by atoms with E-state index in [1.165, 1.54) is 5.56 Å². The number of aliphatic carboxylic acids is 1. The minimum absolute atomic E-state index is 1.32. The smallest absolute Gasteiger partial charge is 0.475 e. The third kappa shape index (κ3) is 10.1. The SMILES string of the molecule is C#N.Cc1ccccc1.O=C(O)C(F)(F)F. The summed E-state index contributed by atoms with van der Waals surface area (Å²) in [7, 11) is 0. The maximum atomic E-state index is 10.6. The summed E-state index contributed by atoms with van der Waals surface area (Å²) < 4.78 is 31.7. The molecule has 0 aliphatic rings. The van der Waals surface area contributed by atoms with Gasteiger partial charge in [0.1, 0.15) is 0 Å². The van der Waals surface area contributed by atoms with Crippen LogP contribution in [0.2, 0.25) is 0 Å². The van der Waals surface area contributed by atoms with Crippen LogP contribution in [0.3, 0.4) is 0 Å². The molecule has 0 atom stereocenters. The second kappa shape index (κ2) is 8.29. The van der Waals surface area contributed by atoms with E-state index in [4.69, 9.17) is 15.2 Å². The number of benzene rings is 1. The fourth-order valence-electron chi connectivity index (χ4n) is 0.534. The molecular weight excluding hydrogens is 223 g/mol. The monoisotopic (exact) mass is 233 g/mol. The highest BCUT2D eigenvalue weighted by Gasteiger charge is 2.38. The van der Waals surface area contributed by atoms with Crippen molar-refractivity contribution in [1.29, 1.82) is 5.26 Å². The molecule has 0 unspecified atom stereocenters. The van der Waals surface area contributed by atoms with Crippen molar-refractivity contribution in [3.05, 3.63) is 35.9 Å². The second-order valence-electron chi connectivity index (χ2n) is 2.46. The summed E-state index contributed by atoms with van der Waals surface area (Å²) in [6.45, 7) is 5.58. The maximum Gasteiger partial charge on any atom is 0.490 e. The summed E-state index contributed by atoms with van der Waals surface area (Å²) in [4.78, 5) is 8.90. The van der Waals surface area contributed by atoms with E-state index in [9.17, 15) is 13.2 Å². The minimum atomic E-state index is -5.08. The van der Waals surface area contributed by atoms with Crippen molar-refractivity contribution >= 4 is 5.97 Å². The number of hydrogen-bond acceptors (Lipinski definition) is 2. The van der Waals surface area contributed by atoms with Gasteiger partial charge in [-0.1, -0.05) is 35.9 Å². The molecule has 1 rings (SSSR count). The van der Waals surface area contributed by atoms with Gasteiger partial charge in [0.15, 0.2) is 0 Å². The molecule has 0 saturated heterocycles. The van der Waals surface area contributed by atoms with E-state index in [0.717, 1.165) is 0 Å². The van der Waals surface area contributed by atoms with Gasteiger partial charge < -0.3 is 5.11 Å². The predicted octanol–water partition coefficient (Wildman–Crippen LogP) is 2.77. The van der Waals surface area contributed by atoms with Crippen LogP contribution in [0.4, 0.5) is 13.2 Å². The Morgan fingerprint density at radius 1 is 1.25 bits per heavy atom. The first kappa shape index (κ1) is 16.4. The van der Waals surface area contributed by atoms with Crippen LogP contribution in [0, 0.1) is 18.8 Å². The number of rotatable bonds is 0. The zero-order chi connectivity index (χ0) is 13.2. The van der Waals surface area contributed by atoms with Crippen LogP contribution in [0.15, 0.2) is 30.3 Å². The molecule has 0 radical (unpaired) electrons. The Bertz CT molecular complexity index is 320. The number of alkyl halides is 3. The van der Waals surface area contributed by atoms with E-state index in [2.05, 4.69) is 25.6 Å². The number of nitrogens with zero attached hydrogens (tertiary/aromatic N) is 1. The molecule has 0 aliphatic heterocycles. The molecule has 0 saturated carbocycles. The molecular formula is C10H10F3NO2. The van der Waals surface area contributed by atoms with Gasteiger partial charge in [-0.25, -0.2) is 10.1 Å². The van der Waals surface area contributed by atoms with Gasteiger partial charge in [-0.2, -0.15) is 13.2 Å². The molecule has 88 valence electrons. The van der Waals surface area contributed by atoms with E-state index in [0.29, 0.717) is 0 Å². The van der Waals surface area contributed by atoms with Crippen LogP contribution in [0.5, 0.6) is 0 Å². The van der Waals surface area contributed by atoms with Crippen molar-refractivity contribution in [2.45, 2.75) is 13.1 Å². The normalized spacial score (nSPS) is 8.88. The third-order valence-electron chi connectivity index (χ3n) is 1.18. The highest BCUT2D eigenvalue weighted by Crippen LogP contribution is 2.13. The van der Waals surface area contributed by atoms with Crippen molar-refractivity contribution in [2.24, 2.45) is 0 Å². The summed E-state index contributed by atoms with van der Waals surface area (Å²) in [6, 6.07) is 10.3. The van der Waals surface area contributed by atoms with Gasteiger partial charge in [-0.05, 0) is 6.92 Å². The quantitative estimate of drug-likeness (QED) is 0.749. The van der Waals surface area contributed by atoms with Crippen molar-refractivity contribution in [3.8, 4) is 6.57 Å². The summed E-state index contributed by atoms with van der Waals surface area (Å²) in [5, 5.41) is 13.6. The summed E-state index contributed by atoms with van der Waals surface area (Å²) in [6.07, 6.45) is -5.08. The Morgan fingerprint density at radius 2 is 1.56 bits per heavy atom.